The second kappa shape index (κ2) is 10.7. The van der Waals surface area contributed by atoms with Crippen molar-refractivity contribution in [3.05, 3.63) is 0 Å². The topological polar surface area (TPSA) is 74.6 Å². The van der Waals surface area contributed by atoms with E-state index in [9.17, 15) is 14.7 Å². The highest BCUT2D eigenvalue weighted by molar-refractivity contribution is 5.69. The molecule has 1 unspecified atom stereocenters. The van der Waals surface area contributed by atoms with E-state index in [2.05, 4.69) is 27.7 Å². The zero-order valence-electron chi connectivity index (χ0n) is 16.4. The zero-order valence-corrected chi connectivity index (χ0v) is 16.4. The molecule has 24 heavy (non-hydrogen) atoms. The van der Waals surface area contributed by atoms with E-state index < -0.39 is 11.9 Å². The molecule has 0 radical (unpaired) electrons. The van der Waals surface area contributed by atoms with E-state index in [0.717, 1.165) is 38.5 Å². The maximum absolute atomic E-state index is 11.2. The van der Waals surface area contributed by atoms with Crippen molar-refractivity contribution in [1.29, 1.82) is 0 Å². The average molecular weight is 343 g/mol. The standard InChI is InChI=1S/C20H38O4/c1-6-16(18(23)24)15-20(4,5)13-10-8-7-9-12-19(2,3)14-11-17(21)22/h16H,6-15H2,1-5H3,(H,21,22)(H,23,24). The van der Waals surface area contributed by atoms with Gasteiger partial charge in [0.2, 0.25) is 0 Å². The number of unbranched alkanes of at least 4 members (excludes halogenated alkanes) is 3. The lowest BCUT2D eigenvalue weighted by molar-refractivity contribution is -0.143. The quantitative estimate of drug-likeness (QED) is 0.394. The van der Waals surface area contributed by atoms with Gasteiger partial charge in [-0.1, -0.05) is 60.3 Å². The molecular weight excluding hydrogens is 304 g/mol. The summed E-state index contributed by atoms with van der Waals surface area (Å²) >= 11 is 0. The van der Waals surface area contributed by atoms with E-state index in [1.807, 2.05) is 6.92 Å². The molecule has 0 rings (SSSR count). The molecule has 0 bridgehead atoms. The second-order valence-corrected chi connectivity index (χ2v) is 8.78. The van der Waals surface area contributed by atoms with Gasteiger partial charge in [0.15, 0.2) is 0 Å². The van der Waals surface area contributed by atoms with Crippen LogP contribution in [-0.2, 0) is 9.59 Å². The summed E-state index contributed by atoms with van der Waals surface area (Å²) in [5.41, 5.74) is 0.188. The maximum atomic E-state index is 11.2. The molecule has 0 amide bonds. The van der Waals surface area contributed by atoms with Crippen LogP contribution < -0.4 is 0 Å². The molecule has 0 aromatic carbocycles. The van der Waals surface area contributed by atoms with E-state index >= 15 is 0 Å². The van der Waals surface area contributed by atoms with Gasteiger partial charge in [0.25, 0.3) is 0 Å². The summed E-state index contributed by atoms with van der Waals surface area (Å²) in [6, 6.07) is 0. The molecule has 0 heterocycles. The highest BCUT2D eigenvalue weighted by Gasteiger charge is 2.26. The summed E-state index contributed by atoms with van der Waals surface area (Å²) in [4.78, 5) is 21.8. The third-order valence-corrected chi connectivity index (χ3v) is 5.11. The van der Waals surface area contributed by atoms with Crippen LogP contribution >= 0.6 is 0 Å². The average Bonchev–Trinajstić information content (AvgIpc) is 2.46. The fourth-order valence-corrected chi connectivity index (χ4v) is 3.31. The number of carbonyl (C=O) groups is 2. The molecular formula is C20H38O4. The van der Waals surface area contributed by atoms with Crippen molar-refractivity contribution in [2.75, 3.05) is 0 Å². The number of hydrogen-bond acceptors (Lipinski definition) is 2. The van der Waals surface area contributed by atoms with Crippen molar-refractivity contribution in [3.63, 3.8) is 0 Å². The summed E-state index contributed by atoms with van der Waals surface area (Å²) in [7, 11) is 0. The molecule has 0 spiro atoms. The number of carboxylic acids is 2. The third-order valence-electron chi connectivity index (χ3n) is 5.11. The first kappa shape index (κ1) is 22.9. The Kier molecular flexibility index (Phi) is 10.3. The van der Waals surface area contributed by atoms with Gasteiger partial charge < -0.3 is 10.2 Å². The molecule has 1 atom stereocenters. The van der Waals surface area contributed by atoms with Gasteiger partial charge in [-0.2, -0.15) is 0 Å². The number of rotatable bonds is 14. The smallest absolute Gasteiger partial charge is 0.306 e. The molecule has 2 N–H and O–H groups in total. The van der Waals surface area contributed by atoms with E-state index in [0.29, 0.717) is 6.42 Å². The van der Waals surface area contributed by atoms with Crippen LogP contribution in [0.2, 0.25) is 0 Å². The van der Waals surface area contributed by atoms with Crippen LogP contribution in [0, 0.1) is 16.7 Å². The largest absolute Gasteiger partial charge is 0.481 e. The van der Waals surface area contributed by atoms with Crippen LogP contribution in [0.15, 0.2) is 0 Å². The first-order valence-electron chi connectivity index (χ1n) is 9.44. The maximum Gasteiger partial charge on any atom is 0.306 e. The molecule has 0 saturated carbocycles. The Morgan fingerprint density at radius 2 is 1.33 bits per heavy atom. The Hall–Kier alpha value is -1.06. The minimum Gasteiger partial charge on any atom is -0.481 e. The van der Waals surface area contributed by atoms with E-state index in [1.54, 1.807) is 0 Å². The normalized spacial score (nSPS) is 13.7. The Balaban J connectivity index is 3.92. The van der Waals surface area contributed by atoms with Gasteiger partial charge in [-0.15, -0.1) is 0 Å². The summed E-state index contributed by atoms with van der Waals surface area (Å²) in [5, 5.41) is 18.0. The first-order valence-corrected chi connectivity index (χ1v) is 9.44. The zero-order chi connectivity index (χ0) is 18.8. The number of aliphatic carboxylic acids is 2. The van der Waals surface area contributed by atoms with Gasteiger partial charge in [-0.3, -0.25) is 9.59 Å². The van der Waals surface area contributed by atoms with Crippen LogP contribution in [-0.4, -0.2) is 22.2 Å². The fraction of sp³-hybridized carbons (Fsp3) is 0.900. The number of carboxylic acid groups (broad SMARTS) is 2. The fourth-order valence-electron chi connectivity index (χ4n) is 3.31. The highest BCUT2D eigenvalue weighted by Crippen LogP contribution is 2.33. The molecule has 0 fully saturated rings. The van der Waals surface area contributed by atoms with Gasteiger partial charge in [-0.25, -0.2) is 0 Å². The molecule has 4 nitrogen and oxygen atoms in total. The van der Waals surface area contributed by atoms with Crippen molar-refractivity contribution in [1.82, 2.24) is 0 Å². The molecule has 142 valence electrons. The first-order chi connectivity index (χ1) is 11.0. The van der Waals surface area contributed by atoms with E-state index in [-0.39, 0.29) is 23.2 Å². The Morgan fingerprint density at radius 3 is 1.75 bits per heavy atom. The van der Waals surface area contributed by atoms with Gasteiger partial charge in [0.1, 0.15) is 0 Å². The lowest BCUT2D eigenvalue weighted by Crippen LogP contribution is -2.22. The van der Waals surface area contributed by atoms with Crippen LogP contribution in [0.25, 0.3) is 0 Å². The lowest BCUT2D eigenvalue weighted by atomic mass is 9.77. The minimum absolute atomic E-state index is 0.0832. The molecule has 0 aliphatic rings. The predicted molar refractivity (Wildman–Crippen MR) is 98.2 cm³/mol. The summed E-state index contributed by atoms with van der Waals surface area (Å²) in [5.74, 6) is -1.61. The van der Waals surface area contributed by atoms with Crippen molar-refractivity contribution in [2.24, 2.45) is 16.7 Å². The molecule has 4 heteroatoms. The Morgan fingerprint density at radius 1 is 0.833 bits per heavy atom. The van der Waals surface area contributed by atoms with Gasteiger partial charge in [0, 0.05) is 6.42 Å². The molecule has 0 saturated heterocycles. The monoisotopic (exact) mass is 342 g/mol. The van der Waals surface area contributed by atoms with Crippen LogP contribution in [0.4, 0.5) is 0 Å². The lowest BCUT2D eigenvalue weighted by Gasteiger charge is -2.28. The van der Waals surface area contributed by atoms with Crippen molar-refractivity contribution in [2.45, 2.75) is 98.8 Å². The van der Waals surface area contributed by atoms with Gasteiger partial charge in [-0.05, 0) is 42.9 Å². The van der Waals surface area contributed by atoms with Crippen LogP contribution in [0.1, 0.15) is 98.8 Å². The highest BCUT2D eigenvalue weighted by atomic mass is 16.4. The number of hydrogen-bond donors (Lipinski definition) is 2. The van der Waals surface area contributed by atoms with E-state index in [1.165, 1.54) is 12.8 Å². The summed E-state index contributed by atoms with van der Waals surface area (Å²) in [6.45, 7) is 10.6. The Labute approximate surface area is 148 Å². The summed E-state index contributed by atoms with van der Waals surface area (Å²) < 4.78 is 0. The van der Waals surface area contributed by atoms with E-state index in [4.69, 9.17) is 5.11 Å². The van der Waals surface area contributed by atoms with Crippen molar-refractivity contribution < 1.29 is 19.8 Å². The Bertz CT molecular complexity index is 385. The van der Waals surface area contributed by atoms with Crippen LogP contribution in [0.3, 0.4) is 0 Å². The van der Waals surface area contributed by atoms with Crippen LogP contribution in [0.5, 0.6) is 0 Å². The predicted octanol–water partition coefficient (Wildman–Crippen LogP) is 5.75. The molecule has 0 aliphatic carbocycles. The molecule has 0 aromatic heterocycles. The summed E-state index contributed by atoms with van der Waals surface area (Å²) in [6.07, 6.45) is 9.20. The van der Waals surface area contributed by atoms with Gasteiger partial charge >= 0.3 is 11.9 Å². The second-order valence-electron chi connectivity index (χ2n) is 8.78. The molecule has 0 aliphatic heterocycles. The van der Waals surface area contributed by atoms with Gasteiger partial charge in [0.05, 0.1) is 5.92 Å². The minimum atomic E-state index is -0.711. The van der Waals surface area contributed by atoms with Crippen molar-refractivity contribution >= 4 is 11.9 Å². The third kappa shape index (κ3) is 11.5. The SMILES string of the molecule is CCC(CC(C)(C)CCCCCCC(C)(C)CCC(=O)O)C(=O)O. The van der Waals surface area contributed by atoms with Crippen molar-refractivity contribution in [3.8, 4) is 0 Å². The molecule has 0 aromatic rings.